The number of nitrogens with two attached hydrogens (primary N) is 2. The summed E-state index contributed by atoms with van der Waals surface area (Å²) in [6, 6.07) is 13.1. The normalized spacial score (nSPS) is 18.0. The molecule has 242 valence electrons. The number of hydrogen-bond donors (Lipinski definition) is 5. The number of aliphatic imine (C=N–C) groups is 1. The lowest BCUT2D eigenvalue weighted by molar-refractivity contribution is -0.121. The molecule has 9 heteroatoms. The number of rotatable bonds is 16. The van der Waals surface area contributed by atoms with Gasteiger partial charge in [-0.3, -0.25) is 9.79 Å². The van der Waals surface area contributed by atoms with Crippen LogP contribution in [0.1, 0.15) is 87.1 Å². The van der Waals surface area contributed by atoms with Gasteiger partial charge in [0, 0.05) is 30.8 Å². The van der Waals surface area contributed by atoms with Crippen molar-refractivity contribution in [2.24, 2.45) is 22.4 Å². The lowest BCUT2D eigenvalue weighted by Gasteiger charge is -2.23. The number of phenolic OH excluding ortho intramolecular Hbond substituents is 1. The highest BCUT2D eigenvalue weighted by Gasteiger charge is 2.26. The Bertz CT molecular complexity index is 1410. The zero-order valence-corrected chi connectivity index (χ0v) is 26.1. The highest BCUT2D eigenvalue weighted by atomic mass is 16.5. The molecule has 5 rings (SSSR count). The summed E-state index contributed by atoms with van der Waals surface area (Å²) >= 11 is 0. The standard InChI is InChI=1S/C36H48N4O5/c37-36(38)27-8-4-7-26(15-27)16-28-20-39-33-22-40(21-32(28)33)23-45-35-17-25(11-14-34(35)44)10-13-30(42)19-31(43)18-29(41)12-9-24-5-2-1-3-6-24/h4,7-8,11,14-15,17,20-21,24,29,31,36,41,43-44H,1-3,5-6,9-10,12-13,16,18-19,22-23,37-38H2/t29-,31-/m1/s1. The molecule has 2 aromatic rings. The molecule has 1 saturated carbocycles. The number of aliphatic hydroxyl groups is 2. The molecule has 1 fully saturated rings. The number of aliphatic hydroxyl groups excluding tert-OH is 2. The number of fused-ring (bicyclic) bond motifs is 1. The van der Waals surface area contributed by atoms with Gasteiger partial charge < -0.3 is 36.4 Å². The Morgan fingerprint density at radius 2 is 1.87 bits per heavy atom. The zero-order chi connectivity index (χ0) is 31.8. The van der Waals surface area contributed by atoms with Crippen molar-refractivity contribution < 1.29 is 24.9 Å². The SMILES string of the molecule is NC(N)c1cccc(CC2=CN=C3CN(COc4cc(CCC(=O)C[C@H](O)C[C@H](O)CCC5CCCCC5)ccc4O)C=C23)c1. The number of nitrogens with zero attached hydrogens (tertiary/aromatic N) is 2. The van der Waals surface area contributed by atoms with Gasteiger partial charge in [0.25, 0.3) is 0 Å². The minimum Gasteiger partial charge on any atom is -0.504 e. The molecule has 2 heterocycles. The van der Waals surface area contributed by atoms with Gasteiger partial charge in [-0.15, -0.1) is 0 Å². The first-order chi connectivity index (χ1) is 21.7. The second kappa shape index (κ2) is 15.7. The molecule has 3 aliphatic rings. The van der Waals surface area contributed by atoms with E-state index in [0.29, 0.717) is 37.5 Å². The lowest BCUT2D eigenvalue weighted by Crippen LogP contribution is -2.23. The molecule has 2 aromatic carbocycles. The number of hydrogen-bond acceptors (Lipinski definition) is 9. The maximum atomic E-state index is 12.6. The van der Waals surface area contributed by atoms with Crippen LogP contribution in [0.5, 0.6) is 11.5 Å². The van der Waals surface area contributed by atoms with Crippen LogP contribution in [0.25, 0.3) is 0 Å². The van der Waals surface area contributed by atoms with Crippen LogP contribution in [0.4, 0.5) is 0 Å². The van der Waals surface area contributed by atoms with E-state index in [1.807, 2.05) is 35.5 Å². The van der Waals surface area contributed by atoms with E-state index in [1.165, 1.54) is 32.1 Å². The van der Waals surface area contributed by atoms with E-state index >= 15 is 0 Å². The van der Waals surface area contributed by atoms with Crippen molar-refractivity contribution in [2.75, 3.05) is 13.3 Å². The third kappa shape index (κ3) is 9.50. The number of allylic oxidation sites excluding steroid dienone is 1. The van der Waals surface area contributed by atoms with Gasteiger partial charge in [-0.1, -0.05) is 62.4 Å². The summed E-state index contributed by atoms with van der Waals surface area (Å²) in [5.74, 6) is 1.03. The molecule has 7 N–H and O–H groups in total. The summed E-state index contributed by atoms with van der Waals surface area (Å²) in [6.45, 7) is 0.841. The number of ketones is 1. The molecular weight excluding hydrogens is 568 g/mol. The van der Waals surface area contributed by atoms with Crippen molar-refractivity contribution in [2.45, 2.75) is 95.4 Å². The Hall–Kier alpha value is -3.50. The number of ether oxygens (including phenoxy) is 1. The van der Waals surface area contributed by atoms with Gasteiger partial charge in [-0.2, -0.15) is 0 Å². The van der Waals surface area contributed by atoms with Crippen molar-refractivity contribution in [3.63, 3.8) is 0 Å². The minimum atomic E-state index is -0.832. The second-order valence-corrected chi connectivity index (χ2v) is 12.9. The molecule has 0 aromatic heterocycles. The third-order valence-corrected chi connectivity index (χ3v) is 9.17. The fourth-order valence-electron chi connectivity index (χ4n) is 6.59. The molecule has 0 spiro atoms. The number of benzene rings is 2. The van der Waals surface area contributed by atoms with E-state index in [9.17, 15) is 20.1 Å². The fourth-order valence-corrected chi connectivity index (χ4v) is 6.59. The molecule has 9 nitrogen and oxygen atoms in total. The topological polar surface area (TPSA) is 155 Å². The van der Waals surface area contributed by atoms with Crippen molar-refractivity contribution in [1.82, 2.24) is 4.90 Å². The van der Waals surface area contributed by atoms with E-state index in [2.05, 4.69) is 11.1 Å². The molecule has 0 bridgehead atoms. The summed E-state index contributed by atoms with van der Waals surface area (Å²) in [4.78, 5) is 19.2. The van der Waals surface area contributed by atoms with E-state index in [-0.39, 0.29) is 37.5 Å². The second-order valence-electron chi connectivity index (χ2n) is 12.9. The molecule has 2 aliphatic heterocycles. The molecule has 0 amide bonds. The molecule has 0 unspecified atom stereocenters. The van der Waals surface area contributed by atoms with Gasteiger partial charge in [-0.25, -0.2) is 0 Å². The van der Waals surface area contributed by atoms with Gasteiger partial charge in [0.1, 0.15) is 5.78 Å². The third-order valence-electron chi connectivity index (χ3n) is 9.17. The van der Waals surface area contributed by atoms with Crippen LogP contribution < -0.4 is 16.2 Å². The van der Waals surface area contributed by atoms with Crippen LogP contribution in [0.2, 0.25) is 0 Å². The lowest BCUT2D eigenvalue weighted by atomic mass is 9.85. The molecule has 0 saturated heterocycles. The van der Waals surface area contributed by atoms with Crippen molar-refractivity contribution in [1.29, 1.82) is 0 Å². The average Bonchev–Trinajstić information content (AvgIpc) is 3.60. The van der Waals surface area contributed by atoms with Gasteiger partial charge in [0.05, 0.1) is 30.6 Å². The Labute approximate surface area is 266 Å². The minimum absolute atomic E-state index is 0.0330. The van der Waals surface area contributed by atoms with Crippen molar-refractivity contribution in [3.8, 4) is 11.5 Å². The number of phenols is 1. The Morgan fingerprint density at radius 3 is 2.67 bits per heavy atom. The number of Topliss-reactive ketones (excluding diaryl/α,β-unsaturated/α-hetero) is 1. The maximum Gasteiger partial charge on any atom is 0.163 e. The summed E-state index contributed by atoms with van der Waals surface area (Å²) in [5.41, 5.74) is 17.7. The van der Waals surface area contributed by atoms with Gasteiger partial charge >= 0.3 is 0 Å². The Balaban J connectivity index is 1.05. The Kier molecular flexibility index (Phi) is 11.5. The van der Waals surface area contributed by atoms with Crippen molar-refractivity contribution in [3.05, 3.63) is 82.7 Å². The van der Waals surface area contributed by atoms with Crippen LogP contribution in [-0.2, 0) is 17.6 Å². The largest absolute Gasteiger partial charge is 0.504 e. The smallest absolute Gasteiger partial charge is 0.163 e. The van der Waals surface area contributed by atoms with E-state index in [4.69, 9.17) is 16.2 Å². The zero-order valence-electron chi connectivity index (χ0n) is 26.1. The number of aryl methyl sites for hydroxylation is 1. The quantitative estimate of drug-likeness (QED) is 0.169. The van der Waals surface area contributed by atoms with Gasteiger partial charge in [0.2, 0.25) is 0 Å². The molecular formula is C36H48N4O5. The predicted molar refractivity (Wildman–Crippen MR) is 176 cm³/mol. The van der Waals surface area contributed by atoms with Crippen LogP contribution in [0.3, 0.4) is 0 Å². The highest BCUT2D eigenvalue weighted by Crippen LogP contribution is 2.31. The molecule has 2 atom stereocenters. The average molecular weight is 617 g/mol. The number of carbonyl (C=O) groups excluding carboxylic acids is 1. The highest BCUT2D eigenvalue weighted by molar-refractivity contribution is 6.09. The molecule has 0 radical (unpaired) electrons. The fraction of sp³-hybridized carbons (Fsp3) is 0.500. The molecule has 1 aliphatic carbocycles. The van der Waals surface area contributed by atoms with Crippen LogP contribution in [-0.4, -0.2) is 57.2 Å². The summed E-state index contributed by atoms with van der Waals surface area (Å²) < 4.78 is 5.98. The van der Waals surface area contributed by atoms with E-state index < -0.39 is 18.4 Å². The summed E-state index contributed by atoms with van der Waals surface area (Å²) in [6.07, 6.45) is 11.8. The van der Waals surface area contributed by atoms with Crippen LogP contribution >= 0.6 is 0 Å². The first-order valence-corrected chi connectivity index (χ1v) is 16.4. The summed E-state index contributed by atoms with van der Waals surface area (Å²) in [7, 11) is 0. The first kappa shape index (κ1) is 32.9. The number of carbonyl (C=O) groups is 1. The van der Waals surface area contributed by atoms with Gasteiger partial charge in [0.15, 0.2) is 18.2 Å². The Morgan fingerprint density at radius 1 is 1.04 bits per heavy atom. The van der Waals surface area contributed by atoms with Crippen molar-refractivity contribution >= 4 is 11.5 Å². The van der Waals surface area contributed by atoms with E-state index in [0.717, 1.165) is 40.0 Å². The first-order valence-electron chi connectivity index (χ1n) is 16.4. The summed E-state index contributed by atoms with van der Waals surface area (Å²) in [5, 5.41) is 31.2. The van der Waals surface area contributed by atoms with E-state index in [1.54, 1.807) is 18.2 Å². The molecule has 45 heavy (non-hydrogen) atoms. The van der Waals surface area contributed by atoms with Gasteiger partial charge in [-0.05, 0) is 72.4 Å². The maximum absolute atomic E-state index is 12.6. The van der Waals surface area contributed by atoms with Crippen LogP contribution in [0, 0.1) is 5.92 Å². The predicted octanol–water partition coefficient (Wildman–Crippen LogP) is 4.79. The number of aromatic hydroxyl groups is 1. The van der Waals surface area contributed by atoms with Crippen LogP contribution in [0.15, 0.2) is 71.0 Å². The monoisotopic (exact) mass is 616 g/mol.